The molecular formula is C16H21FN2O. The zero-order chi connectivity index (χ0) is 14.2. The van der Waals surface area contributed by atoms with E-state index in [1.54, 1.807) is 12.1 Å². The monoisotopic (exact) mass is 276 g/mol. The molecule has 3 rings (SSSR count). The number of piperidine rings is 1. The van der Waals surface area contributed by atoms with Gasteiger partial charge in [-0.25, -0.2) is 4.39 Å². The van der Waals surface area contributed by atoms with Gasteiger partial charge in [-0.3, -0.25) is 4.79 Å². The Hall–Kier alpha value is -1.42. The van der Waals surface area contributed by atoms with Crippen molar-refractivity contribution < 1.29 is 9.18 Å². The van der Waals surface area contributed by atoms with Crippen molar-refractivity contribution in [1.29, 1.82) is 0 Å². The molecule has 1 aromatic carbocycles. The van der Waals surface area contributed by atoms with Gasteiger partial charge in [0.15, 0.2) is 0 Å². The van der Waals surface area contributed by atoms with Gasteiger partial charge in [0.1, 0.15) is 5.82 Å². The molecule has 1 spiro atoms. The van der Waals surface area contributed by atoms with Crippen LogP contribution in [-0.4, -0.2) is 24.0 Å². The zero-order valence-corrected chi connectivity index (χ0v) is 11.8. The van der Waals surface area contributed by atoms with Crippen molar-refractivity contribution in [3.8, 4) is 0 Å². The number of hydrogen-bond acceptors (Lipinski definition) is 2. The maximum Gasteiger partial charge on any atom is 0.254 e. The first-order valence-electron chi connectivity index (χ1n) is 7.40. The van der Waals surface area contributed by atoms with Crippen LogP contribution in [0.2, 0.25) is 0 Å². The largest absolute Gasteiger partial charge is 0.349 e. The molecule has 2 fully saturated rings. The number of halogens is 1. The van der Waals surface area contributed by atoms with E-state index in [-0.39, 0.29) is 23.1 Å². The number of aryl methyl sites for hydroxylation is 1. The summed E-state index contributed by atoms with van der Waals surface area (Å²) in [6.45, 7) is 2.75. The van der Waals surface area contributed by atoms with Crippen LogP contribution in [0.25, 0.3) is 0 Å². The van der Waals surface area contributed by atoms with E-state index in [9.17, 15) is 9.18 Å². The molecule has 0 aromatic heterocycles. The highest BCUT2D eigenvalue weighted by Crippen LogP contribution is 2.38. The lowest BCUT2D eigenvalue weighted by atomic mass is 9.70. The minimum atomic E-state index is -0.435. The van der Waals surface area contributed by atoms with Crippen LogP contribution < -0.4 is 10.6 Å². The van der Waals surface area contributed by atoms with Gasteiger partial charge in [-0.1, -0.05) is 6.07 Å². The summed E-state index contributed by atoms with van der Waals surface area (Å²) in [5.41, 5.74) is 1.22. The van der Waals surface area contributed by atoms with Crippen molar-refractivity contribution in [1.82, 2.24) is 10.6 Å². The van der Waals surface area contributed by atoms with Gasteiger partial charge in [0, 0.05) is 11.6 Å². The Bertz CT molecular complexity index is 525. The van der Waals surface area contributed by atoms with Gasteiger partial charge in [0.05, 0.1) is 5.56 Å². The summed E-state index contributed by atoms with van der Waals surface area (Å²) in [4.78, 5) is 12.2. The summed E-state index contributed by atoms with van der Waals surface area (Å²) in [6.07, 6.45) is 5.53. The lowest BCUT2D eigenvalue weighted by Crippen LogP contribution is -2.59. The Morgan fingerprint density at radius 1 is 1.45 bits per heavy atom. The summed E-state index contributed by atoms with van der Waals surface area (Å²) in [6, 6.07) is 4.91. The minimum absolute atomic E-state index is 0.150. The van der Waals surface area contributed by atoms with E-state index in [1.165, 1.54) is 25.3 Å². The van der Waals surface area contributed by atoms with Crippen molar-refractivity contribution >= 4 is 5.91 Å². The molecule has 1 aliphatic heterocycles. The molecule has 1 saturated heterocycles. The van der Waals surface area contributed by atoms with Crippen molar-refractivity contribution in [2.24, 2.45) is 0 Å². The molecule has 2 N–H and O–H groups in total. The molecule has 0 radical (unpaired) electrons. The van der Waals surface area contributed by atoms with Gasteiger partial charge in [-0.2, -0.15) is 0 Å². The van der Waals surface area contributed by atoms with E-state index in [0.717, 1.165) is 24.9 Å². The van der Waals surface area contributed by atoms with Gasteiger partial charge in [-0.15, -0.1) is 0 Å². The van der Waals surface area contributed by atoms with Gasteiger partial charge >= 0.3 is 0 Å². The molecule has 0 bridgehead atoms. The van der Waals surface area contributed by atoms with Crippen molar-refractivity contribution in [3.63, 3.8) is 0 Å². The molecule has 1 heterocycles. The lowest BCUT2D eigenvalue weighted by molar-refractivity contribution is 0.0849. The fraction of sp³-hybridized carbons (Fsp3) is 0.562. The fourth-order valence-corrected chi connectivity index (χ4v) is 3.33. The van der Waals surface area contributed by atoms with E-state index in [4.69, 9.17) is 0 Å². The predicted octanol–water partition coefficient (Wildman–Crippen LogP) is 2.54. The third kappa shape index (κ3) is 2.57. The average Bonchev–Trinajstić information content (AvgIpc) is 2.37. The van der Waals surface area contributed by atoms with Crippen LogP contribution in [0.15, 0.2) is 18.2 Å². The maximum absolute atomic E-state index is 13.8. The predicted molar refractivity (Wildman–Crippen MR) is 76.2 cm³/mol. The minimum Gasteiger partial charge on any atom is -0.349 e. The molecule has 108 valence electrons. The normalized spacial score (nSPS) is 24.2. The van der Waals surface area contributed by atoms with Gasteiger partial charge < -0.3 is 10.6 Å². The SMILES string of the molecule is Cc1ccc(C(=O)NC2CCNC3(CCC3)C2)c(F)c1. The van der Waals surface area contributed by atoms with Gasteiger partial charge in [0.2, 0.25) is 0 Å². The first kappa shape index (κ1) is 13.6. The summed E-state index contributed by atoms with van der Waals surface area (Å²) in [5.74, 6) is -0.723. The summed E-state index contributed by atoms with van der Waals surface area (Å²) < 4.78 is 13.8. The number of carbonyl (C=O) groups excluding carboxylic acids is 1. The van der Waals surface area contributed by atoms with Crippen LogP contribution in [0, 0.1) is 12.7 Å². The molecule has 4 heteroatoms. The second-order valence-corrected chi connectivity index (χ2v) is 6.21. The van der Waals surface area contributed by atoms with E-state index in [1.807, 2.05) is 6.92 Å². The molecule has 20 heavy (non-hydrogen) atoms. The van der Waals surface area contributed by atoms with Crippen molar-refractivity contribution in [2.75, 3.05) is 6.54 Å². The molecule has 2 aliphatic rings. The smallest absolute Gasteiger partial charge is 0.254 e. The number of nitrogens with one attached hydrogen (secondary N) is 2. The first-order chi connectivity index (χ1) is 9.58. The molecular weight excluding hydrogens is 255 g/mol. The Morgan fingerprint density at radius 2 is 2.25 bits per heavy atom. The van der Waals surface area contributed by atoms with Crippen LogP contribution in [0.5, 0.6) is 0 Å². The van der Waals surface area contributed by atoms with Crippen LogP contribution in [0.1, 0.15) is 48.0 Å². The van der Waals surface area contributed by atoms with Crippen LogP contribution in [0.3, 0.4) is 0 Å². The van der Waals surface area contributed by atoms with E-state index in [2.05, 4.69) is 10.6 Å². The number of carbonyl (C=O) groups is 1. The van der Waals surface area contributed by atoms with E-state index in [0.29, 0.717) is 0 Å². The molecule has 1 aliphatic carbocycles. The highest BCUT2D eigenvalue weighted by Gasteiger charge is 2.41. The van der Waals surface area contributed by atoms with Crippen LogP contribution >= 0.6 is 0 Å². The Labute approximate surface area is 118 Å². The highest BCUT2D eigenvalue weighted by atomic mass is 19.1. The number of rotatable bonds is 2. The van der Waals surface area contributed by atoms with Crippen molar-refractivity contribution in [3.05, 3.63) is 35.1 Å². The number of benzene rings is 1. The molecule has 1 amide bonds. The molecule has 1 unspecified atom stereocenters. The molecule has 1 atom stereocenters. The van der Waals surface area contributed by atoms with Gasteiger partial charge in [-0.05, 0) is 63.3 Å². The third-order valence-corrected chi connectivity index (χ3v) is 4.65. The molecule has 1 saturated carbocycles. The summed E-state index contributed by atoms with van der Waals surface area (Å²) in [5, 5.41) is 6.57. The fourth-order valence-electron chi connectivity index (χ4n) is 3.33. The number of amides is 1. The third-order valence-electron chi connectivity index (χ3n) is 4.65. The summed E-state index contributed by atoms with van der Waals surface area (Å²) in [7, 11) is 0. The second kappa shape index (κ2) is 5.17. The topological polar surface area (TPSA) is 41.1 Å². The lowest BCUT2D eigenvalue weighted by Gasteiger charge is -2.48. The Morgan fingerprint density at radius 3 is 2.90 bits per heavy atom. The number of hydrogen-bond donors (Lipinski definition) is 2. The second-order valence-electron chi connectivity index (χ2n) is 6.21. The molecule has 1 aromatic rings. The quantitative estimate of drug-likeness (QED) is 0.871. The first-order valence-corrected chi connectivity index (χ1v) is 7.40. The van der Waals surface area contributed by atoms with Gasteiger partial charge in [0.25, 0.3) is 5.91 Å². The van der Waals surface area contributed by atoms with E-state index < -0.39 is 5.82 Å². The average molecular weight is 276 g/mol. The van der Waals surface area contributed by atoms with Crippen molar-refractivity contribution in [2.45, 2.75) is 50.6 Å². The molecule has 3 nitrogen and oxygen atoms in total. The Balaban J connectivity index is 1.66. The van der Waals surface area contributed by atoms with Crippen LogP contribution in [0.4, 0.5) is 4.39 Å². The maximum atomic E-state index is 13.8. The van der Waals surface area contributed by atoms with E-state index >= 15 is 0 Å². The summed E-state index contributed by atoms with van der Waals surface area (Å²) >= 11 is 0. The zero-order valence-electron chi connectivity index (χ0n) is 11.8. The standard InChI is InChI=1S/C16H21FN2O/c1-11-3-4-13(14(17)9-11)15(20)19-12-5-8-18-16(10-12)6-2-7-16/h3-4,9,12,18H,2,5-8,10H2,1H3,(H,19,20). The Kier molecular flexibility index (Phi) is 3.50. The van der Waals surface area contributed by atoms with Crippen LogP contribution in [-0.2, 0) is 0 Å². The highest BCUT2D eigenvalue weighted by molar-refractivity contribution is 5.94.